The van der Waals surface area contributed by atoms with Crippen LogP contribution in [0.25, 0.3) is 0 Å². The molecule has 1 fully saturated rings. The molecule has 0 bridgehead atoms. The fourth-order valence-electron chi connectivity index (χ4n) is 5.24. The number of halogens is 1. The van der Waals surface area contributed by atoms with Crippen LogP contribution in [-0.4, -0.2) is 58.1 Å². The highest BCUT2D eigenvalue weighted by Crippen LogP contribution is 2.40. The number of carbonyl (C=O) groups excluding carboxylic acids is 3. The standard InChI is InChI=1S/C30H33FN4O7S/c1-17(36)33-19-9-12-27(43(4,39)40)22(16-19)24-6-5-13-35(24)30(38)28(18-7-11-25(41-2)26(14-18)42-3)34-20-8-10-23(31)21(15-20)29(32)37/h7-12,14-16,24,28,34H,5-6,13H2,1-4H3,(H2,32,37)(H,33,36)/t24-,28+/m1/s1. The Bertz CT molecular complexity index is 1680. The molecule has 11 nitrogen and oxygen atoms in total. The monoisotopic (exact) mass is 612 g/mol. The number of methoxy groups -OCH3 is 2. The van der Waals surface area contributed by atoms with Gasteiger partial charge in [-0.3, -0.25) is 14.4 Å². The van der Waals surface area contributed by atoms with Crippen LogP contribution in [0.5, 0.6) is 11.5 Å². The Labute approximate surface area is 249 Å². The highest BCUT2D eigenvalue weighted by molar-refractivity contribution is 7.90. The van der Waals surface area contributed by atoms with Crippen molar-refractivity contribution in [2.75, 3.05) is 37.7 Å². The molecule has 228 valence electrons. The fraction of sp³-hybridized carbons (Fsp3) is 0.300. The van der Waals surface area contributed by atoms with Crippen molar-refractivity contribution < 1.29 is 36.7 Å². The summed E-state index contributed by atoms with van der Waals surface area (Å²) >= 11 is 0. The lowest BCUT2D eigenvalue weighted by Crippen LogP contribution is -2.38. The average molecular weight is 613 g/mol. The van der Waals surface area contributed by atoms with Gasteiger partial charge < -0.3 is 30.7 Å². The largest absolute Gasteiger partial charge is 0.493 e. The van der Waals surface area contributed by atoms with Crippen LogP contribution in [0.3, 0.4) is 0 Å². The third-order valence-electron chi connectivity index (χ3n) is 7.16. The van der Waals surface area contributed by atoms with Gasteiger partial charge in [0.1, 0.15) is 11.9 Å². The van der Waals surface area contributed by atoms with Gasteiger partial charge in [0.05, 0.1) is 30.7 Å². The first kappa shape index (κ1) is 31.3. The van der Waals surface area contributed by atoms with Crippen molar-refractivity contribution in [3.63, 3.8) is 0 Å². The van der Waals surface area contributed by atoms with Gasteiger partial charge >= 0.3 is 0 Å². The predicted octanol–water partition coefficient (Wildman–Crippen LogP) is 3.82. The van der Waals surface area contributed by atoms with Gasteiger partial charge in [0, 0.05) is 31.1 Å². The number of nitrogens with zero attached hydrogens (tertiary/aromatic N) is 1. The molecule has 3 aromatic carbocycles. The Morgan fingerprint density at radius 1 is 1.00 bits per heavy atom. The summed E-state index contributed by atoms with van der Waals surface area (Å²) in [6, 6.07) is 11.4. The molecule has 3 aromatic rings. The first-order valence-corrected chi connectivity index (χ1v) is 15.2. The number of hydrogen-bond donors (Lipinski definition) is 3. The maximum atomic E-state index is 14.4. The van der Waals surface area contributed by atoms with Gasteiger partial charge in [-0.15, -0.1) is 0 Å². The third kappa shape index (κ3) is 6.88. The number of carbonyl (C=O) groups is 3. The van der Waals surface area contributed by atoms with Crippen LogP contribution >= 0.6 is 0 Å². The number of likely N-dealkylation sites (tertiary alicyclic amines) is 1. The Hall–Kier alpha value is -4.65. The average Bonchev–Trinajstić information content (AvgIpc) is 3.45. The van der Waals surface area contributed by atoms with Gasteiger partial charge in [-0.05, 0) is 72.5 Å². The van der Waals surface area contributed by atoms with E-state index in [1.807, 2.05) is 0 Å². The molecule has 1 saturated heterocycles. The van der Waals surface area contributed by atoms with E-state index in [0.29, 0.717) is 47.7 Å². The Morgan fingerprint density at radius 2 is 1.70 bits per heavy atom. The normalized spacial score (nSPS) is 15.5. The van der Waals surface area contributed by atoms with Crippen molar-refractivity contribution in [3.05, 3.63) is 77.1 Å². The number of amides is 3. The van der Waals surface area contributed by atoms with Gasteiger partial charge in [0.15, 0.2) is 21.3 Å². The van der Waals surface area contributed by atoms with Crippen molar-refractivity contribution in [3.8, 4) is 11.5 Å². The Morgan fingerprint density at radius 3 is 2.33 bits per heavy atom. The lowest BCUT2D eigenvalue weighted by molar-refractivity contribution is -0.133. The predicted molar refractivity (Wildman–Crippen MR) is 158 cm³/mol. The summed E-state index contributed by atoms with van der Waals surface area (Å²) in [6.07, 6.45) is 2.15. The van der Waals surface area contributed by atoms with E-state index in [-0.39, 0.29) is 22.1 Å². The molecule has 1 aliphatic heterocycles. The molecule has 2 atom stereocenters. The van der Waals surface area contributed by atoms with E-state index < -0.39 is 39.6 Å². The lowest BCUT2D eigenvalue weighted by Gasteiger charge is -2.31. The highest BCUT2D eigenvalue weighted by Gasteiger charge is 2.37. The van der Waals surface area contributed by atoms with Gasteiger partial charge in [0.2, 0.25) is 11.8 Å². The minimum absolute atomic E-state index is 0.0477. The summed E-state index contributed by atoms with van der Waals surface area (Å²) in [5.74, 6) is -1.73. The summed E-state index contributed by atoms with van der Waals surface area (Å²) in [7, 11) is -0.764. The minimum atomic E-state index is -3.70. The molecule has 0 radical (unpaired) electrons. The van der Waals surface area contributed by atoms with Gasteiger partial charge in [-0.25, -0.2) is 12.8 Å². The number of benzene rings is 3. The van der Waals surface area contributed by atoms with Crippen molar-refractivity contribution in [1.82, 2.24) is 4.90 Å². The van der Waals surface area contributed by atoms with Crippen molar-refractivity contribution in [2.24, 2.45) is 5.73 Å². The van der Waals surface area contributed by atoms with Gasteiger partial charge in [0.25, 0.3) is 5.91 Å². The number of nitrogens with one attached hydrogen (secondary N) is 2. The lowest BCUT2D eigenvalue weighted by atomic mass is 10.00. The first-order valence-electron chi connectivity index (χ1n) is 13.3. The van der Waals surface area contributed by atoms with Crippen molar-refractivity contribution in [1.29, 1.82) is 0 Å². The molecular weight excluding hydrogens is 579 g/mol. The van der Waals surface area contributed by atoms with Crippen molar-refractivity contribution in [2.45, 2.75) is 36.7 Å². The second-order valence-electron chi connectivity index (χ2n) is 10.1. The molecule has 43 heavy (non-hydrogen) atoms. The summed E-state index contributed by atoms with van der Waals surface area (Å²) < 4.78 is 50.6. The number of anilines is 2. The smallest absolute Gasteiger partial charge is 0.251 e. The molecule has 0 saturated carbocycles. The molecule has 0 unspecified atom stereocenters. The summed E-state index contributed by atoms with van der Waals surface area (Å²) in [5.41, 5.74) is 6.48. The first-order chi connectivity index (χ1) is 20.3. The number of sulfone groups is 1. The second kappa shape index (κ2) is 12.7. The zero-order valence-corrected chi connectivity index (χ0v) is 25.0. The number of nitrogens with two attached hydrogens (primary N) is 1. The SMILES string of the molecule is COc1ccc([C@H](Nc2ccc(F)c(C(N)=O)c2)C(=O)N2CCC[C@@H]2c2cc(NC(C)=O)ccc2S(C)(=O)=O)cc1OC. The highest BCUT2D eigenvalue weighted by atomic mass is 32.2. The van der Waals surface area contributed by atoms with Crippen LogP contribution in [0.15, 0.2) is 59.5 Å². The van der Waals surface area contributed by atoms with E-state index >= 15 is 0 Å². The summed E-state index contributed by atoms with van der Waals surface area (Å²) in [6.45, 7) is 1.66. The van der Waals surface area contributed by atoms with E-state index in [1.165, 1.54) is 45.4 Å². The molecule has 4 N–H and O–H groups in total. The number of rotatable bonds is 10. The molecule has 4 rings (SSSR count). The molecule has 0 aromatic heterocycles. The number of hydrogen-bond acceptors (Lipinski definition) is 8. The second-order valence-corrected chi connectivity index (χ2v) is 12.1. The van der Waals surface area contributed by atoms with Crippen LogP contribution in [0.2, 0.25) is 0 Å². The van der Waals surface area contributed by atoms with Crippen LogP contribution in [0.4, 0.5) is 15.8 Å². The Balaban J connectivity index is 1.81. The van der Waals surface area contributed by atoms with Crippen LogP contribution < -0.4 is 25.8 Å². The molecule has 0 spiro atoms. The zero-order valence-electron chi connectivity index (χ0n) is 24.1. The van der Waals surface area contributed by atoms with Gasteiger partial charge in [-0.1, -0.05) is 6.07 Å². The van der Waals surface area contributed by atoms with Crippen LogP contribution in [-0.2, 0) is 19.4 Å². The van der Waals surface area contributed by atoms with E-state index in [0.717, 1.165) is 12.3 Å². The van der Waals surface area contributed by atoms with Gasteiger partial charge in [-0.2, -0.15) is 0 Å². The van der Waals surface area contributed by atoms with E-state index in [4.69, 9.17) is 15.2 Å². The maximum absolute atomic E-state index is 14.4. The Kier molecular flexibility index (Phi) is 9.24. The summed E-state index contributed by atoms with van der Waals surface area (Å²) in [4.78, 5) is 39.6. The third-order valence-corrected chi connectivity index (χ3v) is 8.33. The zero-order chi connectivity index (χ0) is 31.5. The van der Waals surface area contributed by atoms with Crippen LogP contribution in [0.1, 0.15) is 53.3 Å². The van der Waals surface area contributed by atoms with E-state index in [1.54, 1.807) is 29.2 Å². The molecule has 13 heteroatoms. The topological polar surface area (TPSA) is 157 Å². The minimum Gasteiger partial charge on any atom is -0.493 e. The quantitative estimate of drug-likeness (QED) is 0.312. The van der Waals surface area contributed by atoms with E-state index in [2.05, 4.69) is 10.6 Å². The number of ether oxygens (including phenoxy) is 2. The molecule has 0 aliphatic carbocycles. The molecule has 1 heterocycles. The number of primary amides is 1. The molecular formula is C30H33FN4O7S. The summed E-state index contributed by atoms with van der Waals surface area (Å²) in [5, 5.41) is 5.77. The maximum Gasteiger partial charge on any atom is 0.251 e. The molecule has 1 aliphatic rings. The van der Waals surface area contributed by atoms with E-state index in [9.17, 15) is 27.2 Å². The fourth-order valence-corrected chi connectivity index (χ4v) is 6.18. The van der Waals surface area contributed by atoms with Crippen LogP contribution in [0, 0.1) is 5.82 Å². The van der Waals surface area contributed by atoms with Crippen molar-refractivity contribution >= 4 is 38.9 Å². The molecule has 3 amide bonds.